The highest BCUT2D eigenvalue weighted by Crippen LogP contribution is 2.37. The van der Waals surface area contributed by atoms with E-state index in [0.717, 1.165) is 11.4 Å². The molecule has 1 heterocycles. The lowest BCUT2D eigenvalue weighted by Crippen LogP contribution is -2.36. The molecule has 0 spiro atoms. The van der Waals surface area contributed by atoms with Crippen LogP contribution in [0.4, 0.5) is 0 Å². The number of rotatable bonds is 3. The van der Waals surface area contributed by atoms with Crippen molar-refractivity contribution in [1.29, 1.82) is 5.26 Å². The molecule has 16 heavy (non-hydrogen) atoms. The molecule has 1 aliphatic carbocycles. The van der Waals surface area contributed by atoms with Gasteiger partial charge in [0.1, 0.15) is 10.9 Å². The first kappa shape index (κ1) is 11.6. The number of thiophene rings is 1. The van der Waals surface area contributed by atoms with Gasteiger partial charge in [-0.3, -0.25) is 0 Å². The van der Waals surface area contributed by atoms with Crippen LogP contribution in [0.3, 0.4) is 0 Å². The molecule has 1 saturated carbocycles. The van der Waals surface area contributed by atoms with Crippen LogP contribution in [0.1, 0.15) is 42.9 Å². The molecule has 2 rings (SSSR count). The van der Waals surface area contributed by atoms with E-state index in [1.807, 2.05) is 6.07 Å². The van der Waals surface area contributed by atoms with E-state index in [0.29, 0.717) is 11.5 Å². The lowest BCUT2D eigenvalue weighted by atomic mass is 9.87. The molecule has 1 fully saturated rings. The van der Waals surface area contributed by atoms with Crippen molar-refractivity contribution in [2.24, 2.45) is 5.41 Å². The van der Waals surface area contributed by atoms with Crippen LogP contribution in [0.5, 0.6) is 0 Å². The Hall–Kier alpha value is -0.850. The van der Waals surface area contributed by atoms with Crippen molar-refractivity contribution in [2.45, 2.75) is 45.7 Å². The van der Waals surface area contributed by atoms with Gasteiger partial charge in [0.25, 0.3) is 0 Å². The molecule has 1 atom stereocenters. The Bertz CT molecular complexity index is 400. The maximum Gasteiger partial charge on any atom is 0.110 e. The van der Waals surface area contributed by atoms with Gasteiger partial charge in [-0.25, -0.2) is 0 Å². The van der Waals surface area contributed by atoms with Crippen molar-refractivity contribution in [3.8, 4) is 6.07 Å². The second-order valence-corrected chi connectivity index (χ2v) is 6.36. The van der Waals surface area contributed by atoms with E-state index in [4.69, 9.17) is 5.26 Å². The van der Waals surface area contributed by atoms with Gasteiger partial charge in [0.05, 0.1) is 0 Å². The van der Waals surface area contributed by atoms with E-state index in [-0.39, 0.29) is 0 Å². The average Bonchev–Trinajstić information content (AvgIpc) is 2.81. The Labute approximate surface area is 101 Å². The van der Waals surface area contributed by atoms with Crippen molar-refractivity contribution in [2.75, 3.05) is 0 Å². The first-order valence-electron chi connectivity index (χ1n) is 5.84. The zero-order valence-electron chi connectivity index (χ0n) is 9.92. The van der Waals surface area contributed by atoms with Crippen molar-refractivity contribution >= 4 is 11.3 Å². The first-order valence-corrected chi connectivity index (χ1v) is 6.66. The second kappa shape index (κ2) is 4.57. The van der Waals surface area contributed by atoms with Gasteiger partial charge < -0.3 is 5.32 Å². The fourth-order valence-electron chi connectivity index (χ4n) is 2.46. The lowest BCUT2D eigenvalue weighted by molar-refractivity contribution is 0.283. The van der Waals surface area contributed by atoms with Crippen LogP contribution in [0.2, 0.25) is 0 Å². The molecule has 1 aromatic heterocycles. The highest BCUT2D eigenvalue weighted by atomic mass is 32.1. The van der Waals surface area contributed by atoms with Crippen molar-refractivity contribution in [1.82, 2.24) is 5.32 Å². The average molecular weight is 234 g/mol. The molecular formula is C13H18N2S. The molecule has 1 N–H and O–H groups in total. The minimum absolute atomic E-state index is 0.426. The maximum atomic E-state index is 8.75. The van der Waals surface area contributed by atoms with Crippen LogP contribution in [0, 0.1) is 16.7 Å². The van der Waals surface area contributed by atoms with Gasteiger partial charge in [-0.2, -0.15) is 5.26 Å². The van der Waals surface area contributed by atoms with Crippen molar-refractivity contribution in [3.63, 3.8) is 0 Å². The first-order chi connectivity index (χ1) is 7.62. The van der Waals surface area contributed by atoms with Gasteiger partial charge >= 0.3 is 0 Å². The summed E-state index contributed by atoms with van der Waals surface area (Å²) in [5, 5.41) is 12.4. The number of hydrogen-bond donors (Lipinski definition) is 1. The Kier molecular flexibility index (Phi) is 3.32. The Morgan fingerprint density at radius 3 is 2.94 bits per heavy atom. The molecular weight excluding hydrogens is 216 g/mol. The van der Waals surface area contributed by atoms with E-state index in [1.165, 1.54) is 24.1 Å². The summed E-state index contributed by atoms with van der Waals surface area (Å²) in [7, 11) is 0. The molecule has 1 aliphatic rings. The van der Waals surface area contributed by atoms with Crippen molar-refractivity contribution < 1.29 is 0 Å². The van der Waals surface area contributed by atoms with Crippen LogP contribution < -0.4 is 5.32 Å². The third kappa shape index (κ3) is 2.45. The van der Waals surface area contributed by atoms with E-state index >= 15 is 0 Å². The number of nitrogens with zero attached hydrogens (tertiary/aromatic N) is 1. The van der Waals surface area contributed by atoms with Gasteiger partial charge in [-0.15, -0.1) is 11.3 Å². The van der Waals surface area contributed by atoms with Crippen LogP contribution >= 0.6 is 11.3 Å². The van der Waals surface area contributed by atoms with Gasteiger partial charge in [-0.05, 0) is 30.4 Å². The van der Waals surface area contributed by atoms with Crippen LogP contribution in [-0.2, 0) is 6.54 Å². The lowest BCUT2D eigenvalue weighted by Gasteiger charge is -2.27. The summed E-state index contributed by atoms with van der Waals surface area (Å²) in [6.45, 7) is 5.58. The maximum absolute atomic E-state index is 8.75. The quantitative estimate of drug-likeness (QED) is 0.871. The minimum atomic E-state index is 0.426. The summed E-state index contributed by atoms with van der Waals surface area (Å²) in [4.78, 5) is 2.07. The van der Waals surface area contributed by atoms with Gasteiger partial charge in [0.2, 0.25) is 0 Å². The fourth-order valence-corrected chi connectivity index (χ4v) is 3.22. The summed E-state index contributed by atoms with van der Waals surface area (Å²) in [6.07, 6.45) is 3.93. The molecule has 3 heteroatoms. The SMILES string of the molecule is CC1(C)CCCC1NCc1ccc(C#N)s1. The Morgan fingerprint density at radius 1 is 1.56 bits per heavy atom. The van der Waals surface area contributed by atoms with Gasteiger partial charge in [0, 0.05) is 17.5 Å². The van der Waals surface area contributed by atoms with Crippen LogP contribution in [0.25, 0.3) is 0 Å². The van der Waals surface area contributed by atoms with Crippen LogP contribution in [-0.4, -0.2) is 6.04 Å². The third-order valence-corrected chi connectivity index (χ3v) is 4.54. The van der Waals surface area contributed by atoms with E-state index in [1.54, 1.807) is 11.3 Å². The highest BCUT2D eigenvalue weighted by molar-refractivity contribution is 7.12. The summed E-state index contributed by atoms with van der Waals surface area (Å²) in [5.41, 5.74) is 0.426. The largest absolute Gasteiger partial charge is 0.309 e. The molecule has 0 bridgehead atoms. The predicted octanol–water partition coefficient (Wildman–Crippen LogP) is 3.29. The molecule has 1 unspecified atom stereocenters. The van der Waals surface area contributed by atoms with E-state index in [2.05, 4.69) is 31.3 Å². The monoisotopic (exact) mass is 234 g/mol. The summed E-state index contributed by atoms with van der Waals surface area (Å²) < 4.78 is 0. The number of nitrogens with one attached hydrogen (secondary N) is 1. The summed E-state index contributed by atoms with van der Waals surface area (Å²) in [6, 6.07) is 6.77. The Morgan fingerprint density at radius 2 is 2.38 bits per heavy atom. The van der Waals surface area contributed by atoms with Crippen molar-refractivity contribution in [3.05, 3.63) is 21.9 Å². The molecule has 86 valence electrons. The normalized spacial score (nSPS) is 23.2. The minimum Gasteiger partial charge on any atom is -0.309 e. The van der Waals surface area contributed by atoms with Crippen LogP contribution in [0.15, 0.2) is 12.1 Å². The Balaban J connectivity index is 1.90. The molecule has 0 radical (unpaired) electrons. The van der Waals surface area contributed by atoms with Gasteiger partial charge in [0.15, 0.2) is 0 Å². The fraction of sp³-hybridized carbons (Fsp3) is 0.615. The summed E-state index contributed by atoms with van der Waals surface area (Å²) in [5.74, 6) is 0. The number of nitriles is 1. The molecule has 2 nitrogen and oxygen atoms in total. The number of hydrogen-bond acceptors (Lipinski definition) is 3. The van der Waals surface area contributed by atoms with E-state index in [9.17, 15) is 0 Å². The molecule has 0 saturated heterocycles. The zero-order chi connectivity index (χ0) is 11.6. The molecule has 0 aliphatic heterocycles. The molecule has 0 aromatic carbocycles. The smallest absolute Gasteiger partial charge is 0.110 e. The summed E-state index contributed by atoms with van der Waals surface area (Å²) >= 11 is 1.59. The predicted molar refractivity (Wildman–Crippen MR) is 67.3 cm³/mol. The molecule has 0 amide bonds. The zero-order valence-corrected chi connectivity index (χ0v) is 10.7. The highest BCUT2D eigenvalue weighted by Gasteiger charge is 2.33. The molecule has 1 aromatic rings. The topological polar surface area (TPSA) is 35.8 Å². The van der Waals surface area contributed by atoms with E-state index < -0.39 is 0 Å². The second-order valence-electron chi connectivity index (χ2n) is 5.19. The standard InChI is InChI=1S/C13H18N2S/c1-13(2)7-3-4-12(13)15-9-11-6-5-10(8-14)16-11/h5-6,12,15H,3-4,7,9H2,1-2H3. The van der Waals surface area contributed by atoms with Gasteiger partial charge in [-0.1, -0.05) is 20.3 Å². The third-order valence-electron chi connectivity index (χ3n) is 3.55.